The summed E-state index contributed by atoms with van der Waals surface area (Å²) in [5.41, 5.74) is 0.0198. The molecular weight excluding hydrogens is 480 g/mol. The Labute approximate surface area is 214 Å². The molecule has 9 nitrogen and oxygen atoms in total. The van der Waals surface area contributed by atoms with Gasteiger partial charge in [-0.15, -0.1) is 0 Å². The Morgan fingerprint density at radius 2 is 1.75 bits per heavy atom. The van der Waals surface area contributed by atoms with Crippen molar-refractivity contribution in [3.8, 4) is 5.75 Å². The number of amides is 2. The molecule has 0 aliphatic carbocycles. The summed E-state index contributed by atoms with van der Waals surface area (Å²) in [6.45, 7) is 15.8. The molecule has 3 rings (SSSR count). The highest BCUT2D eigenvalue weighted by Crippen LogP contribution is 2.47. The second-order valence-corrected chi connectivity index (χ2v) is 16.7. The van der Waals surface area contributed by atoms with Crippen LogP contribution >= 0.6 is 0 Å². The third-order valence-electron chi connectivity index (χ3n) is 7.06. The lowest BCUT2D eigenvalue weighted by Gasteiger charge is -2.41. The Balaban J connectivity index is 2.07. The normalized spacial score (nSPS) is 24.6. The molecule has 0 spiro atoms. The van der Waals surface area contributed by atoms with E-state index < -0.39 is 56.1 Å². The highest BCUT2D eigenvalue weighted by molar-refractivity contribution is 6.74. The van der Waals surface area contributed by atoms with Gasteiger partial charge < -0.3 is 28.9 Å². The first-order valence-electron chi connectivity index (χ1n) is 12.3. The van der Waals surface area contributed by atoms with Gasteiger partial charge in [-0.1, -0.05) is 39.0 Å². The van der Waals surface area contributed by atoms with Crippen LogP contribution in [0.2, 0.25) is 18.1 Å². The number of nitrogens with zero attached hydrogens (tertiary/aromatic N) is 1. The average Bonchev–Trinajstić information content (AvgIpc) is 3.10. The van der Waals surface area contributed by atoms with Gasteiger partial charge in [-0.2, -0.15) is 0 Å². The summed E-state index contributed by atoms with van der Waals surface area (Å²) < 4.78 is 23.3. The minimum Gasteiger partial charge on any atom is -0.491 e. The summed E-state index contributed by atoms with van der Waals surface area (Å²) in [5, 5.41) is 2.56. The summed E-state index contributed by atoms with van der Waals surface area (Å²) in [4.78, 5) is 41.0. The summed E-state index contributed by atoms with van der Waals surface area (Å²) >= 11 is 0. The topological polar surface area (TPSA) is 103 Å². The lowest BCUT2D eigenvalue weighted by Crippen LogP contribution is -2.56. The van der Waals surface area contributed by atoms with Crippen molar-refractivity contribution in [2.45, 2.75) is 95.9 Å². The molecule has 0 unspecified atom stereocenters. The van der Waals surface area contributed by atoms with E-state index in [2.05, 4.69) is 39.2 Å². The third kappa shape index (κ3) is 5.86. The molecule has 36 heavy (non-hydrogen) atoms. The van der Waals surface area contributed by atoms with Crippen molar-refractivity contribution in [3.05, 3.63) is 29.8 Å². The summed E-state index contributed by atoms with van der Waals surface area (Å²) in [5.74, 6) is -0.396. The molecule has 0 saturated carbocycles. The van der Waals surface area contributed by atoms with E-state index in [1.807, 2.05) is 24.3 Å². The number of hydrogen-bond acceptors (Lipinski definition) is 7. The predicted octanol–water partition coefficient (Wildman–Crippen LogP) is 4.18. The van der Waals surface area contributed by atoms with Crippen molar-refractivity contribution in [3.63, 3.8) is 0 Å². The van der Waals surface area contributed by atoms with Gasteiger partial charge in [-0.3, -0.25) is 4.79 Å². The molecule has 1 aromatic rings. The maximum Gasteiger partial charge on any atom is 0.408 e. The molecule has 2 aliphatic rings. The van der Waals surface area contributed by atoms with E-state index in [1.165, 1.54) is 12.0 Å². The van der Waals surface area contributed by atoms with Crippen molar-refractivity contribution in [2.75, 3.05) is 13.7 Å². The third-order valence-corrected chi connectivity index (χ3v) is 11.6. The van der Waals surface area contributed by atoms with E-state index in [1.54, 1.807) is 20.8 Å². The number of fused-ring (bicyclic) bond motifs is 3. The molecule has 0 radical (unpaired) electrons. The molecule has 4 atom stereocenters. The highest BCUT2D eigenvalue weighted by atomic mass is 28.4. The van der Waals surface area contributed by atoms with Gasteiger partial charge in [0.2, 0.25) is 5.91 Å². The second-order valence-electron chi connectivity index (χ2n) is 11.9. The summed E-state index contributed by atoms with van der Waals surface area (Å²) in [7, 11) is -0.977. The number of carbonyl (C=O) groups excluding carboxylic acids is 3. The first-order valence-corrected chi connectivity index (χ1v) is 15.3. The van der Waals surface area contributed by atoms with Crippen molar-refractivity contribution >= 4 is 26.3 Å². The fourth-order valence-electron chi connectivity index (χ4n) is 4.32. The van der Waals surface area contributed by atoms with E-state index in [0.717, 1.165) is 5.56 Å². The Bertz CT molecular complexity index is 999. The fraction of sp³-hybridized carbons (Fsp3) is 0.654. The summed E-state index contributed by atoms with van der Waals surface area (Å²) in [6.07, 6.45) is -0.912. The largest absolute Gasteiger partial charge is 0.491 e. The van der Waals surface area contributed by atoms with Crippen molar-refractivity contribution in [1.82, 2.24) is 10.2 Å². The maximum absolute atomic E-state index is 14.0. The SMILES string of the molecule is COC(=O)[C@@H]1C[C@@H](O[Si](C)(C)C(C)(C)C)[C@@H]2c3ccccc3OC[C@H](NC(=O)OC(C)(C)C)C(=O)N12. The zero-order valence-electron chi connectivity index (χ0n) is 22.8. The molecule has 1 fully saturated rings. The summed E-state index contributed by atoms with van der Waals surface area (Å²) in [6, 6.07) is 4.92. The first-order chi connectivity index (χ1) is 16.6. The molecular formula is C26H40N2O7Si. The average molecular weight is 521 g/mol. The quantitative estimate of drug-likeness (QED) is 0.469. The Morgan fingerprint density at radius 3 is 2.33 bits per heavy atom. The lowest BCUT2D eigenvalue weighted by molar-refractivity contribution is -0.153. The standard InChI is InChI=1S/C26H40N2O7Si/c1-25(2,3)34-24(31)27-17-15-33-19-13-11-10-12-16(19)21-20(35-36(8,9)26(4,5)6)14-18(23(30)32-7)28(21)22(17)29/h10-13,17-18,20-21H,14-15H2,1-9H3,(H,27,31)/t17-,18-,20+,21-/m0/s1. The number of esters is 1. The second kappa shape index (κ2) is 10.0. The Hall–Kier alpha value is -2.59. The molecule has 2 heterocycles. The molecule has 1 N–H and O–H groups in total. The Kier molecular flexibility index (Phi) is 7.81. The van der Waals surface area contributed by atoms with Crippen LogP contribution in [0.4, 0.5) is 4.79 Å². The monoisotopic (exact) mass is 520 g/mol. The van der Waals surface area contributed by atoms with Crippen LogP contribution in [0.3, 0.4) is 0 Å². The Morgan fingerprint density at radius 1 is 1.11 bits per heavy atom. The van der Waals surface area contributed by atoms with E-state index in [9.17, 15) is 14.4 Å². The van der Waals surface area contributed by atoms with Crippen LogP contribution in [0.1, 0.15) is 59.6 Å². The number of benzene rings is 1. The molecule has 10 heteroatoms. The number of methoxy groups -OCH3 is 1. The predicted molar refractivity (Wildman–Crippen MR) is 137 cm³/mol. The van der Waals surface area contributed by atoms with Crippen molar-refractivity contribution in [1.29, 1.82) is 0 Å². The van der Waals surface area contributed by atoms with E-state index in [4.69, 9.17) is 18.6 Å². The van der Waals surface area contributed by atoms with Gasteiger partial charge >= 0.3 is 12.1 Å². The van der Waals surface area contributed by atoms with Crippen LogP contribution in [0.25, 0.3) is 0 Å². The van der Waals surface area contributed by atoms with Crippen LogP contribution in [-0.2, 0) is 23.5 Å². The zero-order chi connectivity index (χ0) is 27.1. The number of para-hydroxylation sites is 1. The van der Waals surface area contributed by atoms with Gasteiger partial charge in [0, 0.05) is 12.0 Å². The molecule has 0 bridgehead atoms. The molecule has 1 aromatic carbocycles. The number of rotatable bonds is 4. The number of ether oxygens (including phenoxy) is 3. The van der Waals surface area contributed by atoms with Gasteiger partial charge in [0.15, 0.2) is 8.32 Å². The van der Waals surface area contributed by atoms with Crippen molar-refractivity contribution in [2.24, 2.45) is 0 Å². The number of nitrogens with one attached hydrogen (secondary N) is 1. The number of alkyl carbamates (subject to hydrolysis) is 1. The van der Waals surface area contributed by atoms with Gasteiger partial charge in [-0.05, 0) is 45.0 Å². The molecule has 0 aromatic heterocycles. The number of hydrogen-bond donors (Lipinski definition) is 1. The fourth-order valence-corrected chi connectivity index (χ4v) is 5.66. The minimum atomic E-state index is -2.28. The molecule has 2 amide bonds. The van der Waals surface area contributed by atoms with Crippen LogP contribution < -0.4 is 10.1 Å². The van der Waals surface area contributed by atoms with E-state index in [-0.39, 0.29) is 18.1 Å². The van der Waals surface area contributed by atoms with Gasteiger partial charge in [-0.25, -0.2) is 9.59 Å². The van der Waals surface area contributed by atoms with Crippen LogP contribution in [0, 0.1) is 0 Å². The van der Waals surface area contributed by atoms with Crippen LogP contribution in [0.5, 0.6) is 5.75 Å². The van der Waals surface area contributed by atoms with Gasteiger partial charge in [0.05, 0.1) is 19.3 Å². The minimum absolute atomic E-state index is 0.0797. The maximum atomic E-state index is 14.0. The van der Waals surface area contributed by atoms with Crippen LogP contribution in [0.15, 0.2) is 24.3 Å². The number of carbonyl (C=O) groups is 3. The van der Waals surface area contributed by atoms with E-state index in [0.29, 0.717) is 5.75 Å². The first kappa shape index (κ1) is 28.0. The van der Waals surface area contributed by atoms with Gasteiger partial charge in [0.25, 0.3) is 0 Å². The lowest BCUT2D eigenvalue weighted by atomic mass is 10.00. The van der Waals surface area contributed by atoms with Gasteiger partial charge in [0.1, 0.15) is 30.0 Å². The highest BCUT2D eigenvalue weighted by Gasteiger charge is 2.54. The van der Waals surface area contributed by atoms with E-state index >= 15 is 0 Å². The molecule has 2 aliphatic heterocycles. The smallest absolute Gasteiger partial charge is 0.408 e. The molecule has 1 saturated heterocycles. The molecule has 200 valence electrons. The van der Waals surface area contributed by atoms with Crippen molar-refractivity contribution < 1.29 is 33.0 Å². The van der Waals surface area contributed by atoms with Crippen LogP contribution in [-0.4, -0.2) is 68.7 Å². The zero-order valence-corrected chi connectivity index (χ0v) is 23.8.